The topological polar surface area (TPSA) is 49.3 Å². The summed E-state index contributed by atoms with van der Waals surface area (Å²) in [5.74, 6) is 0.739. The number of hydrogen-bond acceptors (Lipinski definition) is 4. The minimum absolute atomic E-state index is 0.0232. The normalized spacial score (nSPS) is 17.4. The van der Waals surface area contributed by atoms with Gasteiger partial charge in [0.1, 0.15) is 5.82 Å². The Bertz CT molecular complexity index is 714. The van der Waals surface area contributed by atoms with Crippen LogP contribution in [0.25, 0.3) is 0 Å². The van der Waals surface area contributed by atoms with Gasteiger partial charge in [-0.1, -0.05) is 31.2 Å². The van der Waals surface area contributed by atoms with Gasteiger partial charge in [0.05, 0.1) is 5.56 Å². The maximum absolute atomic E-state index is 12.6. The number of carbonyl (C=O) groups is 1. The molecule has 1 aliphatic heterocycles. The Morgan fingerprint density at radius 3 is 2.58 bits per heavy atom. The minimum Gasteiger partial charge on any atom is -0.340 e. The van der Waals surface area contributed by atoms with Crippen LogP contribution in [0.1, 0.15) is 34.2 Å². The zero-order valence-corrected chi connectivity index (χ0v) is 14.6. The van der Waals surface area contributed by atoms with Crippen molar-refractivity contribution in [3.63, 3.8) is 0 Å². The van der Waals surface area contributed by atoms with Crippen molar-refractivity contribution in [2.75, 3.05) is 20.6 Å². The molecule has 5 heteroatoms. The van der Waals surface area contributed by atoms with Crippen LogP contribution in [0.4, 0.5) is 0 Å². The molecule has 0 unspecified atom stereocenters. The van der Waals surface area contributed by atoms with E-state index < -0.39 is 0 Å². The molecule has 2 aromatic rings. The van der Waals surface area contributed by atoms with Crippen LogP contribution < -0.4 is 0 Å². The van der Waals surface area contributed by atoms with Gasteiger partial charge < -0.3 is 4.90 Å². The van der Waals surface area contributed by atoms with Crippen LogP contribution in [0, 0.1) is 0 Å². The molecule has 0 spiro atoms. The van der Waals surface area contributed by atoms with Crippen LogP contribution in [0.5, 0.6) is 0 Å². The molecular weight excluding hydrogens is 300 g/mol. The number of likely N-dealkylation sites (N-methyl/N-ethyl adjacent to an activating group) is 2. The fraction of sp³-hybridized carbons (Fsp3) is 0.421. The lowest BCUT2D eigenvalue weighted by atomic mass is 9.94. The monoisotopic (exact) mass is 324 g/mol. The molecule has 1 amide bonds. The first-order chi connectivity index (χ1) is 11.6. The number of fused-ring (bicyclic) bond motifs is 1. The summed E-state index contributed by atoms with van der Waals surface area (Å²) < 4.78 is 0. The quantitative estimate of drug-likeness (QED) is 0.865. The molecule has 1 atom stereocenters. The van der Waals surface area contributed by atoms with Crippen molar-refractivity contribution in [1.29, 1.82) is 0 Å². The van der Waals surface area contributed by atoms with Crippen molar-refractivity contribution in [2.24, 2.45) is 0 Å². The number of hydrogen-bond donors (Lipinski definition) is 0. The molecule has 1 aromatic heterocycles. The Morgan fingerprint density at radius 1 is 1.25 bits per heavy atom. The van der Waals surface area contributed by atoms with E-state index in [1.807, 2.05) is 14.0 Å². The summed E-state index contributed by atoms with van der Waals surface area (Å²) in [6, 6.07) is 8.87. The largest absolute Gasteiger partial charge is 0.340 e. The van der Waals surface area contributed by atoms with E-state index in [0.29, 0.717) is 18.2 Å². The molecule has 0 radical (unpaired) electrons. The predicted molar refractivity (Wildman–Crippen MR) is 93.8 cm³/mol. The number of aromatic nitrogens is 2. The van der Waals surface area contributed by atoms with Gasteiger partial charge in [-0.3, -0.25) is 9.69 Å². The third-order valence-corrected chi connectivity index (χ3v) is 4.72. The van der Waals surface area contributed by atoms with Crippen molar-refractivity contribution in [3.8, 4) is 0 Å². The van der Waals surface area contributed by atoms with Gasteiger partial charge in [-0.2, -0.15) is 0 Å². The smallest absolute Gasteiger partial charge is 0.256 e. The van der Waals surface area contributed by atoms with Gasteiger partial charge in [-0.05, 0) is 24.6 Å². The highest BCUT2D eigenvalue weighted by molar-refractivity contribution is 5.93. The van der Waals surface area contributed by atoms with Crippen molar-refractivity contribution in [2.45, 2.75) is 32.4 Å². The Morgan fingerprint density at radius 2 is 1.92 bits per heavy atom. The van der Waals surface area contributed by atoms with E-state index in [0.717, 1.165) is 25.2 Å². The van der Waals surface area contributed by atoms with E-state index in [9.17, 15) is 4.79 Å². The summed E-state index contributed by atoms with van der Waals surface area (Å²) in [5, 5.41) is 0. The fourth-order valence-corrected chi connectivity index (χ4v) is 3.19. The first kappa shape index (κ1) is 16.6. The number of amides is 1. The molecule has 0 fully saturated rings. The van der Waals surface area contributed by atoms with Gasteiger partial charge in [0.2, 0.25) is 0 Å². The van der Waals surface area contributed by atoms with Gasteiger partial charge in [0.25, 0.3) is 5.91 Å². The molecule has 126 valence electrons. The Kier molecular flexibility index (Phi) is 4.90. The molecular formula is C19H24N4O. The van der Waals surface area contributed by atoms with Crippen molar-refractivity contribution < 1.29 is 4.79 Å². The number of nitrogens with zero attached hydrogens (tertiary/aromatic N) is 4. The third-order valence-electron chi connectivity index (χ3n) is 4.72. The molecule has 24 heavy (non-hydrogen) atoms. The second-order valence-corrected chi connectivity index (χ2v) is 6.47. The standard InChI is InChI=1S/C19H24N4O/c1-4-18-20-10-16(11-21-18)19(24)23(3)13-17-9-14-7-5-6-8-15(14)12-22(17)2/h5-8,10-11,17H,4,9,12-13H2,1-3H3/t17-/m1/s1. The van der Waals surface area contributed by atoms with Gasteiger partial charge in [0.15, 0.2) is 0 Å². The molecule has 1 aliphatic rings. The molecule has 2 heterocycles. The van der Waals surface area contributed by atoms with Crippen molar-refractivity contribution in [3.05, 3.63) is 59.2 Å². The first-order valence-corrected chi connectivity index (χ1v) is 8.42. The first-order valence-electron chi connectivity index (χ1n) is 8.42. The molecule has 0 N–H and O–H groups in total. The highest BCUT2D eigenvalue weighted by Gasteiger charge is 2.26. The third kappa shape index (κ3) is 3.46. The maximum Gasteiger partial charge on any atom is 0.256 e. The van der Waals surface area contributed by atoms with Gasteiger partial charge in [-0.25, -0.2) is 9.97 Å². The van der Waals surface area contributed by atoms with Crippen LogP contribution in [0.15, 0.2) is 36.7 Å². The number of rotatable bonds is 4. The van der Waals surface area contributed by atoms with Crippen LogP contribution in [-0.4, -0.2) is 52.4 Å². The predicted octanol–water partition coefficient (Wildman–Crippen LogP) is 2.17. The summed E-state index contributed by atoms with van der Waals surface area (Å²) >= 11 is 0. The zero-order valence-electron chi connectivity index (χ0n) is 14.6. The highest BCUT2D eigenvalue weighted by Crippen LogP contribution is 2.22. The lowest BCUT2D eigenvalue weighted by Crippen LogP contribution is -2.46. The van der Waals surface area contributed by atoms with E-state index in [4.69, 9.17) is 0 Å². The lowest BCUT2D eigenvalue weighted by Gasteiger charge is -2.36. The second-order valence-electron chi connectivity index (χ2n) is 6.47. The average molecular weight is 324 g/mol. The molecule has 3 rings (SSSR count). The Balaban J connectivity index is 1.67. The van der Waals surface area contributed by atoms with Crippen LogP contribution in [0.3, 0.4) is 0 Å². The molecule has 5 nitrogen and oxygen atoms in total. The fourth-order valence-electron chi connectivity index (χ4n) is 3.19. The average Bonchev–Trinajstić information content (AvgIpc) is 2.61. The van der Waals surface area contributed by atoms with Gasteiger partial charge in [-0.15, -0.1) is 0 Å². The molecule has 0 saturated heterocycles. The van der Waals surface area contributed by atoms with Crippen LogP contribution >= 0.6 is 0 Å². The van der Waals surface area contributed by atoms with Crippen LogP contribution in [-0.2, 0) is 19.4 Å². The summed E-state index contributed by atoms with van der Waals surface area (Å²) in [6.45, 7) is 3.62. The Hall–Kier alpha value is -2.27. The van der Waals surface area contributed by atoms with Crippen molar-refractivity contribution in [1.82, 2.24) is 19.8 Å². The summed E-state index contributed by atoms with van der Waals surface area (Å²) in [4.78, 5) is 25.1. The van der Waals surface area contributed by atoms with Gasteiger partial charge >= 0.3 is 0 Å². The number of aryl methyl sites for hydroxylation is 1. The Labute approximate surface area is 143 Å². The van der Waals surface area contributed by atoms with Crippen molar-refractivity contribution >= 4 is 5.91 Å². The van der Waals surface area contributed by atoms with Gasteiger partial charge in [0, 0.05) is 45.0 Å². The molecule has 0 aliphatic carbocycles. The number of benzene rings is 1. The second kappa shape index (κ2) is 7.09. The molecule has 0 bridgehead atoms. The number of carbonyl (C=O) groups excluding carboxylic acids is 1. The summed E-state index contributed by atoms with van der Waals surface area (Å²) in [6.07, 6.45) is 5.00. The minimum atomic E-state index is -0.0232. The molecule has 1 aromatic carbocycles. The summed E-state index contributed by atoms with van der Waals surface area (Å²) in [5.41, 5.74) is 3.32. The van der Waals surface area contributed by atoms with Crippen LogP contribution in [0.2, 0.25) is 0 Å². The SMILES string of the molecule is CCc1ncc(C(=O)N(C)C[C@H]2Cc3ccccc3CN2C)cn1. The van der Waals surface area contributed by atoms with E-state index in [-0.39, 0.29) is 5.91 Å². The van der Waals surface area contributed by atoms with E-state index in [2.05, 4.69) is 46.2 Å². The molecule has 0 saturated carbocycles. The van der Waals surface area contributed by atoms with E-state index in [1.165, 1.54) is 11.1 Å². The zero-order chi connectivity index (χ0) is 17.1. The lowest BCUT2D eigenvalue weighted by molar-refractivity contribution is 0.0732. The van der Waals surface area contributed by atoms with E-state index in [1.54, 1.807) is 17.3 Å². The summed E-state index contributed by atoms with van der Waals surface area (Å²) in [7, 11) is 3.97. The highest BCUT2D eigenvalue weighted by atomic mass is 16.2. The van der Waals surface area contributed by atoms with E-state index >= 15 is 0 Å². The maximum atomic E-state index is 12.6.